The van der Waals surface area contributed by atoms with Crippen LogP contribution in [0.2, 0.25) is 0 Å². The Balaban J connectivity index is 2.18. The standard InChI is InChI=1S/C15H16N2O/c1-11(18)17-14-9-5-3-7-12(14)16(2)13-8-4-6-10-15(13)17/h3-10,12,14H,1-2H3. The van der Waals surface area contributed by atoms with Crippen molar-refractivity contribution in [1.82, 2.24) is 0 Å². The van der Waals surface area contributed by atoms with Gasteiger partial charge in [-0.3, -0.25) is 4.79 Å². The third-order valence-corrected chi connectivity index (χ3v) is 3.68. The van der Waals surface area contributed by atoms with E-state index in [9.17, 15) is 4.79 Å². The molecular weight excluding hydrogens is 224 g/mol. The van der Waals surface area contributed by atoms with Crippen LogP contribution in [0.1, 0.15) is 6.92 Å². The van der Waals surface area contributed by atoms with Gasteiger partial charge in [-0.2, -0.15) is 0 Å². The number of hydrogen-bond acceptors (Lipinski definition) is 2. The van der Waals surface area contributed by atoms with Crippen LogP contribution in [-0.2, 0) is 4.79 Å². The van der Waals surface area contributed by atoms with Crippen molar-refractivity contribution >= 4 is 17.3 Å². The van der Waals surface area contributed by atoms with Crippen LogP contribution >= 0.6 is 0 Å². The quantitative estimate of drug-likeness (QED) is 0.695. The number of para-hydroxylation sites is 2. The molecule has 2 aliphatic rings. The van der Waals surface area contributed by atoms with Crippen molar-refractivity contribution in [1.29, 1.82) is 0 Å². The molecule has 3 heteroatoms. The number of nitrogens with zero attached hydrogens (tertiary/aromatic N) is 2. The zero-order chi connectivity index (χ0) is 12.7. The zero-order valence-corrected chi connectivity index (χ0v) is 10.6. The van der Waals surface area contributed by atoms with E-state index in [1.807, 2.05) is 35.3 Å². The molecule has 1 aromatic carbocycles. The first-order chi connectivity index (χ1) is 8.70. The number of likely N-dealkylation sites (N-methyl/N-ethyl adjacent to an activating group) is 1. The second-order valence-electron chi connectivity index (χ2n) is 4.74. The summed E-state index contributed by atoms with van der Waals surface area (Å²) in [6, 6.07) is 8.37. The molecule has 0 saturated carbocycles. The van der Waals surface area contributed by atoms with Gasteiger partial charge in [0, 0.05) is 14.0 Å². The van der Waals surface area contributed by atoms with Gasteiger partial charge in [-0.05, 0) is 12.1 Å². The molecule has 3 rings (SSSR count). The molecule has 1 heterocycles. The van der Waals surface area contributed by atoms with Gasteiger partial charge >= 0.3 is 0 Å². The van der Waals surface area contributed by atoms with E-state index in [0.29, 0.717) is 0 Å². The molecule has 0 N–H and O–H groups in total. The van der Waals surface area contributed by atoms with Crippen LogP contribution in [-0.4, -0.2) is 25.0 Å². The normalized spacial score (nSPS) is 24.8. The largest absolute Gasteiger partial charge is 0.364 e. The summed E-state index contributed by atoms with van der Waals surface area (Å²) in [5.74, 6) is 0.0884. The summed E-state index contributed by atoms with van der Waals surface area (Å²) in [6.07, 6.45) is 8.30. The summed E-state index contributed by atoms with van der Waals surface area (Å²) in [4.78, 5) is 16.1. The Morgan fingerprint density at radius 2 is 1.67 bits per heavy atom. The third kappa shape index (κ3) is 1.47. The van der Waals surface area contributed by atoms with Crippen molar-refractivity contribution in [3.8, 4) is 0 Å². The Hall–Kier alpha value is -2.03. The van der Waals surface area contributed by atoms with Gasteiger partial charge in [0.1, 0.15) is 0 Å². The number of carbonyl (C=O) groups is 1. The lowest BCUT2D eigenvalue weighted by Crippen LogP contribution is -2.55. The molecule has 2 atom stereocenters. The summed E-state index contributed by atoms with van der Waals surface area (Å²) < 4.78 is 0. The van der Waals surface area contributed by atoms with Crippen LogP contribution in [0.15, 0.2) is 48.6 Å². The minimum atomic E-state index is 0.0884. The van der Waals surface area contributed by atoms with Gasteiger partial charge < -0.3 is 9.80 Å². The Bertz CT molecular complexity index is 547. The first kappa shape index (κ1) is 11.1. The van der Waals surface area contributed by atoms with Gasteiger partial charge in [0.25, 0.3) is 0 Å². The van der Waals surface area contributed by atoms with E-state index in [1.165, 1.54) is 0 Å². The fraction of sp³-hybridized carbons (Fsp3) is 0.267. The molecule has 1 aromatic rings. The molecule has 1 aliphatic carbocycles. The maximum atomic E-state index is 12.0. The minimum Gasteiger partial charge on any atom is -0.364 e. The highest BCUT2D eigenvalue weighted by atomic mass is 16.2. The van der Waals surface area contributed by atoms with E-state index in [2.05, 4.69) is 30.2 Å². The van der Waals surface area contributed by atoms with E-state index >= 15 is 0 Å². The van der Waals surface area contributed by atoms with Crippen molar-refractivity contribution < 1.29 is 4.79 Å². The molecule has 1 amide bonds. The highest BCUT2D eigenvalue weighted by Crippen LogP contribution is 2.38. The molecule has 0 radical (unpaired) electrons. The fourth-order valence-electron chi connectivity index (χ4n) is 2.85. The summed E-state index contributed by atoms with van der Waals surface area (Å²) in [7, 11) is 2.08. The average Bonchev–Trinajstić information content (AvgIpc) is 2.39. The Morgan fingerprint density at radius 1 is 1.06 bits per heavy atom. The number of hydrogen-bond donors (Lipinski definition) is 0. The van der Waals surface area contributed by atoms with Crippen LogP contribution in [0.25, 0.3) is 0 Å². The fourth-order valence-corrected chi connectivity index (χ4v) is 2.85. The zero-order valence-electron chi connectivity index (χ0n) is 10.6. The summed E-state index contributed by atoms with van der Waals surface area (Å²) >= 11 is 0. The Kier molecular flexibility index (Phi) is 2.47. The number of carbonyl (C=O) groups excluding carboxylic acids is 1. The highest BCUT2D eigenvalue weighted by Gasteiger charge is 2.37. The molecule has 0 fully saturated rings. The Labute approximate surface area is 107 Å². The lowest BCUT2D eigenvalue weighted by atomic mass is 9.94. The van der Waals surface area contributed by atoms with Crippen LogP contribution < -0.4 is 9.80 Å². The first-order valence-electron chi connectivity index (χ1n) is 6.17. The van der Waals surface area contributed by atoms with Gasteiger partial charge in [-0.1, -0.05) is 36.4 Å². The van der Waals surface area contributed by atoms with Gasteiger partial charge in [-0.25, -0.2) is 0 Å². The van der Waals surface area contributed by atoms with Crippen LogP contribution in [0.3, 0.4) is 0 Å². The predicted octanol–water partition coefficient (Wildman–Crippen LogP) is 2.35. The van der Waals surface area contributed by atoms with Crippen LogP contribution in [0.5, 0.6) is 0 Å². The van der Waals surface area contributed by atoms with Crippen molar-refractivity contribution in [2.75, 3.05) is 16.8 Å². The van der Waals surface area contributed by atoms with Crippen molar-refractivity contribution in [2.45, 2.75) is 19.0 Å². The number of amides is 1. The average molecular weight is 240 g/mol. The van der Waals surface area contributed by atoms with Gasteiger partial charge in [-0.15, -0.1) is 0 Å². The van der Waals surface area contributed by atoms with E-state index in [1.54, 1.807) is 6.92 Å². The van der Waals surface area contributed by atoms with Crippen molar-refractivity contribution in [3.63, 3.8) is 0 Å². The van der Waals surface area contributed by atoms with Crippen molar-refractivity contribution in [2.24, 2.45) is 0 Å². The molecule has 0 aromatic heterocycles. The van der Waals surface area contributed by atoms with Gasteiger partial charge in [0.05, 0.1) is 23.5 Å². The van der Waals surface area contributed by atoms with E-state index in [-0.39, 0.29) is 18.0 Å². The molecule has 92 valence electrons. The highest BCUT2D eigenvalue weighted by molar-refractivity contribution is 5.98. The first-order valence-corrected chi connectivity index (χ1v) is 6.17. The molecule has 18 heavy (non-hydrogen) atoms. The second-order valence-corrected chi connectivity index (χ2v) is 4.74. The lowest BCUT2D eigenvalue weighted by Gasteiger charge is -2.46. The minimum absolute atomic E-state index is 0.0884. The smallest absolute Gasteiger partial charge is 0.224 e. The molecule has 0 bridgehead atoms. The van der Waals surface area contributed by atoms with Crippen LogP contribution in [0, 0.1) is 0 Å². The summed E-state index contributed by atoms with van der Waals surface area (Å²) in [5, 5.41) is 0. The molecule has 0 spiro atoms. The number of fused-ring (bicyclic) bond motifs is 2. The summed E-state index contributed by atoms with van der Waals surface area (Å²) in [6.45, 7) is 1.63. The van der Waals surface area contributed by atoms with Gasteiger partial charge in [0.2, 0.25) is 5.91 Å². The van der Waals surface area contributed by atoms with E-state index < -0.39 is 0 Å². The molecule has 3 nitrogen and oxygen atoms in total. The maximum absolute atomic E-state index is 12.0. The number of rotatable bonds is 0. The molecule has 2 unspecified atom stereocenters. The van der Waals surface area contributed by atoms with E-state index in [4.69, 9.17) is 0 Å². The third-order valence-electron chi connectivity index (χ3n) is 3.68. The Morgan fingerprint density at radius 3 is 2.33 bits per heavy atom. The van der Waals surface area contributed by atoms with Gasteiger partial charge in [0.15, 0.2) is 0 Å². The molecule has 1 aliphatic heterocycles. The number of benzene rings is 1. The monoisotopic (exact) mass is 240 g/mol. The number of anilines is 2. The van der Waals surface area contributed by atoms with Crippen LogP contribution in [0.4, 0.5) is 11.4 Å². The summed E-state index contributed by atoms with van der Waals surface area (Å²) in [5.41, 5.74) is 2.10. The van der Waals surface area contributed by atoms with Crippen molar-refractivity contribution in [3.05, 3.63) is 48.6 Å². The lowest BCUT2D eigenvalue weighted by molar-refractivity contribution is -0.116. The molecular formula is C15H16N2O. The number of allylic oxidation sites excluding steroid dienone is 2. The maximum Gasteiger partial charge on any atom is 0.224 e. The van der Waals surface area contributed by atoms with E-state index in [0.717, 1.165) is 11.4 Å². The predicted molar refractivity (Wildman–Crippen MR) is 73.9 cm³/mol. The SMILES string of the molecule is CC(=O)N1c2ccccc2N(C)C2C=CC=CC21. The molecule has 0 saturated heterocycles. The second kappa shape index (κ2) is 4.02. The topological polar surface area (TPSA) is 23.6 Å².